The molecule has 8 nitrogen and oxygen atoms in total. The van der Waals surface area contributed by atoms with Gasteiger partial charge in [0.1, 0.15) is 11.6 Å². The van der Waals surface area contributed by atoms with E-state index >= 15 is 0 Å². The Hall–Kier alpha value is -1.84. The summed E-state index contributed by atoms with van der Waals surface area (Å²) < 4.78 is 10.9. The molecule has 0 saturated carbocycles. The van der Waals surface area contributed by atoms with E-state index in [2.05, 4.69) is 20.2 Å². The van der Waals surface area contributed by atoms with Crippen molar-refractivity contribution < 1.29 is 13.9 Å². The molecule has 0 aromatic carbocycles. The van der Waals surface area contributed by atoms with Crippen LogP contribution in [0.1, 0.15) is 17.7 Å². The lowest BCUT2D eigenvalue weighted by Gasteiger charge is -2.26. The average molecular weight is 379 g/mol. The number of morpholine rings is 1. The maximum atomic E-state index is 12.0. The summed E-state index contributed by atoms with van der Waals surface area (Å²) in [6.07, 6.45) is 0.927. The zero-order valence-corrected chi connectivity index (χ0v) is 16.0. The first-order valence-corrected chi connectivity index (χ1v) is 9.76. The molecule has 0 bridgehead atoms. The number of aromatic nitrogens is 2. The van der Waals surface area contributed by atoms with E-state index in [9.17, 15) is 4.79 Å². The Morgan fingerprint density at radius 3 is 2.85 bits per heavy atom. The van der Waals surface area contributed by atoms with Crippen LogP contribution in [0.3, 0.4) is 0 Å². The summed E-state index contributed by atoms with van der Waals surface area (Å²) in [6.45, 7) is 8.97. The van der Waals surface area contributed by atoms with Gasteiger partial charge in [-0.3, -0.25) is 9.69 Å². The van der Waals surface area contributed by atoms with Gasteiger partial charge in [-0.15, -0.1) is 0 Å². The Balaban J connectivity index is 1.43. The van der Waals surface area contributed by atoms with Crippen LogP contribution in [-0.2, 0) is 9.53 Å². The monoisotopic (exact) mass is 379 g/mol. The molecular formula is C17H25N5O3S. The standard InChI is InChI=1S/C17H25N5O3S/c1-11-12(2)25-16-14(11)15(18)20-17(21-16)26-10-13(23)19-4-3-5-22-6-8-24-9-7-22/h3-10H2,1-2H3,(H,19,23)(H2,18,20,21). The van der Waals surface area contributed by atoms with Crippen LogP contribution in [0.15, 0.2) is 9.57 Å². The Kier molecular flexibility index (Phi) is 6.33. The lowest BCUT2D eigenvalue weighted by Crippen LogP contribution is -2.38. The van der Waals surface area contributed by atoms with Crippen molar-refractivity contribution in [3.63, 3.8) is 0 Å². The average Bonchev–Trinajstić information content (AvgIpc) is 2.92. The molecule has 0 unspecified atom stereocenters. The zero-order valence-electron chi connectivity index (χ0n) is 15.2. The third-order valence-corrected chi connectivity index (χ3v) is 5.29. The number of nitrogens with zero attached hydrogens (tertiary/aromatic N) is 3. The van der Waals surface area contributed by atoms with Crippen LogP contribution in [0.2, 0.25) is 0 Å². The molecule has 0 spiro atoms. The highest BCUT2D eigenvalue weighted by atomic mass is 32.2. The predicted molar refractivity (Wildman–Crippen MR) is 101 cm³/mol. The molecule has 3 rings (SSSR count). The number of nitrogens with one attached hydrogen (secondary N) is 1. The van der Waals surface area contributed by atoms with Crippen LogP contribution in [0.4, 0.5) is 5.82 Å². The number of nitrogens with two attached hydrogens (primary N) is 1. The lowest BCUT2D eigenvalue weighted by molar-refractivity contribution is -0.118. The molecule has 3 N–H and O–H groups in total. The van der Waals surface area contributed by atoms with E-state index in [-0.39, 0.29) is 11.7 Å². The van der Waals surface area contributed by atoms with Gasteiger partial charge in [-0.05, 0) is 26.8 Å². The van der Waals surface area contributed by atoms with Gasteiger partial charge in [-0.25, -0.2) is 4.98 Å². The first kappa shape index (κ1) is 18.9. The van der Waals surface area contributed by atoms with E-state index in [1.165, 1.54) is 11.8 Å². The fourth-order valence-electron chi connectivity index (χ4n) is 2.86. The Morgan fingerprint density at radius 1 is 1.31 bits per heavy atom. The van der Waals surface area contributed by atoms with Gasteiger partial charge in [0.15, 0.2) is 5.16 Å². The number of thioether (sulfide) groups is 1. The number of carbonyl (C=O) groups is 1. The number of hydrogen-bond acceptors (Lipinski definition) is 8. The topological polar surface area (TPSA) is 107 Å². The number of anilines is 1. The molecule has 1 saturated heterocycles. The second kappa shape index (κ2) is 8.70. The summed E-state index contributed by atoms with van der Waals surface area (Å²) in [5.41, 5.74) is 7.43. The van der Waals surface area contributed by atoms with Crippen molar-refractivity contribution in [2.24, 2.45) is 0 Å². The molecule has 9 heteroatoms. The Bertz CT molecular complexity index is 773. The van der Waals surface area contributed by atoms with Crippen LogP contribution in [-0.4, -0.2) is 65.9 Å². The Morgan fingerprint density at radius 2 is 2.08 bits per heavy atom. The molecule has 1 amide bonds. The number of furan rings is 1. The van der Waals surface area contributed by atoms with Crippen molar-refractivity contribution in [2.45, 2.75) is 25.4 Å². The summed E-state index contributed by atoms with van der Waals surface area (Å²) in [5, 5.41) is 4.13. The van der Waals surface area contributed by atoms with Crippen molar-refractivity contribution in [1.82, 2.24) is 20.2 Å². The zero-order chi connectivity index (χ0) is 18.5. The lowest BCUT2D eigenvalue weighted by atomic mass is 10.2. The highest BCUT2D eigenvalue weighted by Gasteiger charge is 2.15. The number of ether oxygens (including phenoxy) is 1. The van der Waals surface area contributed by atoms with Gasteiger partial charge in [0, 0.05) is 25.2 Å². The van der Waals surface area contributed by atoms with Crippen LogP contribution >= 0.6 is 11.8 Å². The molecule has 0 atom stereocenters. The van der Waals surface area contributed by atoms with Gasteiger partial charge in [0.25, 0.3) is 0 Å². The molecule has 26 heavy (non-hydrogen) atoms. The maximum Gasteiger partial charge on any atom is 0.232 e. The van der Waals surface area contributed by atoms with Crippen LogP contribution in [0, 0.1) is 13.8 Å². The van der Waals surface area contributed by atoms with E-state index in [1.54, 1.807) is 0 Å². The van der Waals surface area contributed by atoms with Gasteiger partial charge in [0.05, 0.1) is 24.4 Å². The molecule has 2 aromatic heterocycles. The van der Waals surface area contributed by atoms with Gasteiger partial charge < -0.3 is 20.2 Å². The normalized spacial score (nSPS) is 15.5. The van der Waals surface area contributed by atoms with E-state index in [1.807, 2.05) is 13.8 Å². The van der Waals surface area contributed by atoms with Crippen LogP contribution in [0.25, 0.3) is 11.1 Å². The highest BCUT2D eigenvalue weighted by molar-refractivity contribution is 7.99. The van der Waals surface area contributed by atoms with Gasteiger partial charge in [0.2, 0.25) is 11.6 Å². The summed E-state index contributed by atoms with van der Waals surface area (Å²) in [5.74, 6) is 1.38. The maximum absolute atomic E-state index is 12.0. The van der Waals surface area contributed by atoms with Crippen LogP contribution in [0.5, 0.6) is 0 Å². The molecule has 3 heterocycles. The number of amides is 1. The quantitative estimate of drug-likeness (QED) is 0.422. The third-order valence-electron chi connectivity index (χ3n) is 4.45. The summed E-state index contributed by atoms with van der Waals surface area (Å²) in [7, 11) is 0. The van der Waals surface area contributed by atoms with Crippen molar-refractivity contribution in [2.75, 3.05) is 50.9 Å². The number of aryl methyl sites for hydroxylation is 2. The number of rotatable bonds is 7. The van der Waals surface area contributed by atoms with E-state index in [0.29, 0.717) is 23.2 Å². The smallest absolute Gasteiger partial charge is 0.232 e. The predicted octanol–water partition coefficient (Wildman–Crippen LogP) is 1.35. The SMILES string of the molecule is Cc1oc2nc(SCC(=O)NCCCN3CCOCC3)nc(N)c2c1C. The van der Waals surface area contributed by atoms with Crippen LogP contribution < -0.4 is 11.1 Å². The fraction of sp³-hybridized carbons (Fsp3) is 0.588. The first-order chi connectivity index (χ1) is 12.5. The molecule has 1 aliphatic heterocycles. The molecule has 2 aromatic rings. The molecule has 0 aliphatic carbocycles. The van der Waals surface area contributed by atoms with E-state index in [4.69, 9.17) is 14.9 Å². The van der Waals surface area contributed by atoms with E-state index < -0.39 is 0 Å². The number of nitrogen functional groups attached to an aromatic ring is 1. The molecule has 1 fully saturated rings. The van der Waals surface area contributed by atoms with Crippen molar-refractivity contribution >= 4 is 34.6 Å². The molecule has 0 radical (unpaired) electrons. The summed E-state index contributed by atoms with van der Waals surface area (Å²) in [4.78, 5) is 23.0. The largest absolute Gasteiger partial charge is 0.443 e. The molecule has 142 valence electrons. The fourth-order valence-corrected chi connectivity index (χ4v) is 3.53. The summed E-state index contributed by atoms with van der Waals surface area (Å²) in [6, 6.07) is 0. The number of carbonyl (C=O) groups excluding carboxylic acids is 1. The van der Waals surface area contributed by atoms with Crippen molar-refractivity contribution in [3.8, 4) is 0 Å². The minimum Gasteiger partial charge on any atom is -0.443 e. The molecular weight excluding hydrogens is 354 g/mol. The van der Waals surface area contributed by atoms with Gasteiger partial charge in [-0.2, -0.15) is 4.98 Å². The summed E-state index contributed by atoms with van der Waals surface area (Å²) >= 11 is 1.26. The number of hydrogen-bond donors (Lipinski definition) is 2. The van der Waals surface area contributed by atoms with Gasteiger partial charge >= 0.3 is 0 Å². The molecule has 1 aliphatic rings. The third kappa shape index (κ3) is 4.66. The Labute approximate surface area is 156 Å². The van der Waals surface area contributed by atoms with Crippen molar-refractivity contribution in [3.05, 3.63) is 11.3 Å². The second-order valence-electron chi connectivity index (χ2n) is 6.30. The first-order valence-electron chi connectivity index (χ1n) is 8.77. The highest BCUT2D eigenvalue weighted by Crippen LogP contribution is 2.29. The minimum atomic E-state index is -0.0361. The second-order valence-corrected chi connectivity index (χ2v) is 7.24. The van der Waals surface area contributed by atoms with E-state index in [0.717, 1.165) is 56.0 Å². The minimum absolute atomic E-state index is 0.0361. The van der Waals surface area contributed by atoms with Gasteiger partial charge in [-0.1, -0.05) is 11.8 Å². The van der Waals surface area contributed by atoms with Crippen molar-refractivity contribution in [1.29, 1.82) is 0 Å². The number of fused-ring (bicyclic) bond motifs is 1.